The van der Waals surface area contributed by atoms with Crippen LogP contribution in [-0.2, 0) is 14.8 Å². The van der Waals surface area contributed by atoms with Gasteiger partial charge in [0.15, 0.2) is 0 Å². The summed E-state index contributed by atoms with van der Waals surface area (Å²) in [5.74, 6) is -0.0553. The zero-order valence-electron chi connectivity index (χ0n) is 11.6. The third-order valence-corrected chi connectivity index (χ3v) is 3.76. The van der Waals surface area contributed by atoms with Gasteiger partial charge in [0, 0.05) is 11.7 Å². The predicted octanol–water partition coefficient (Wildman–Crippen LogP) is 1.87. The number of hydrogen-bond acceptors (Lipinski definition) is 4. The molecule has 1 unspecified atom stereocenters. The number of nitrogens with one attached hydrogen (secondary N) is 1. The van der Waals surface area contributed by atoms with Crippen LogP contribution in [0.15, 0.2) is 24.3 Å². The van der Waals surface area contributed by atoms with Crippen LogP contribution in [0.4, 0.5) is 5.69 Å². The molecule has 19 heavy (non-hydrogen) atoms. The highest BCUT2D eigenvalue weighted by Gasteiger charge is 2.11. The summed E-state index contributed by atoms with van der Waals surface area (Å²) in [5.41, 5.74) is 7.23. The number of ether oxygens (including phenoxy) is 1. The van der Waals surface area contributed by atoms with Gasteiger partial charge in [0.1, 0.15) is 0 Å². The Morgan fingerprint density at radius 1 is 1.21 bits per heavy atom. The van der Waals surface area contributed by atoms with Gasteiger partial charge >= 0.3 is 0 Å². The Morgan fingerprint density at radius 2 is 1.79 bits per heavy atom. The highest BCUT2D eigenvalue weighted by molar-refractivity contribution is 7.92. The second-order valence-corrected chi connectivity index (χ2v) is 6.59. The smallest absolute Gasteiger partial charge is 0.234 e. The van der Waals surface area contributed by atoms with E-state index in [-0.39, 0.29) is 24.5 Å². The molecule has 1 atom stereocenters. The summed E-state index contributed by atoms with van der Waals surface area (Å²) in [4.78, 5) is 0. The number of hydrogen-bond donors (Lipinski definition) is 2. The summed E-state index contributed by atoms with van der Waals surface area (Å²) in [6.45, 7) is 5.80. The summed E-state index contributed by atoms with van der Waals surface area (Å²) in [7, 11) is -3.37. The molecule has 0 amide bonds. The fourth-order valence-electron chi connectivity index (χ4n) is 1.48. The molecule has 6 heteroatoms. The van der Waals surface area contributed by atoms with Crippen molar-refractivity contribution in [3.63, 3.8) is 0 Å². The van der Waals surface area contributed by atoms with Gasteiger partial charge in [-0.2, -0.15) is 0 Å². The minimum atomic E-state index is -3.37. The van der Waals surface area contributed by atoms with Gasteiger partial charge in [-0.1, -0.05) is 12.1 Å². The highest BCUT2D eigenvalue weighted by Crippen LogP contribution is 2.15. The number of rotatable bonds is 7. The SMILES string of the molecule is CC(C)OCCS(=O)(=O)Nc1ccc(C(C)N)cc1. The zero-order chi connectivity index (χ0) is 14.5. The first kappa shape index (κ1) is 15.9. The molecule has 1 rings (SSSR count). The minimum Gasteiger partial charge on any atom is -0.378 e. The van der Waals surface area contributed by atoms with E-state index in [0.717, 1.165) is 5.56 Å². The number of benzene rings is 1. The molecule has 1 aromatic rings. The third kappa shape index (κ3) is 6.04. The minimum absolute atomic E-state index is 0.0283. The Morgan fingerprint density at radius 3 is 2.26 bits per heavy atom. The van der Waals surface area contributed by atoms with Crippen LogP contribution in [0, 0.1) is 0 Å². The van der Waals surface area contributed by atoms with Crippen molar-refractivity contribution >= 4 is 15.7 Å². The van der Waals surface area contributed by atoms with Crippen molar-refractivity contribution in [2.24, 2.45) is 5.73 Å². The molecule has 0 saturated carbocycles. The van der Waals surface area contributed by atoms with Gasteiger partial charge < -0.3 is 10.5 Å². The van der Waals surface area contributed by atoms with Crippen molar-refractivity contribution in [3.8, 4) is 0 Å². The fraction of sp³-hybridized carbons (Fsp3) is 0.538. The van der Waals surface area contributed by atoms with E-state index < -0.39 is 10.0 Å². The maximum atomic E-state index is 11.8. The molecule has 0 radical (unpaired) electrons. The molecule has 0 saturated heterocycles. The Balaban J connectivity index is 2.57. The van der Waals surface area contributed by atoms with Crippen molar-refractivity contribution in [3.05, 3.63) is 29.8 Å². The maximum Gasteiger partial charge on any atom is 0.234 e. The van der Waals surface area contributed by atoms with E-state index in [1.54, 1.807) is 12.1 Å². The van der Waals surface area contributed by atoms with Crippen LogP contribution in [0.1, 0.15) is 32.4 Å². The van der Waals surface area contributed by atoms with Crippen LogP contribution in [-0.4, -0.2) is 26.9 Å². The van der Waals surface area contributed by atoms with Crippen LogP contribution in [0.5, 0.6) is 0 Å². The number of sulfonamides is 1. The lowest BCUT2D eigenvalue weighted by Crippen LogP contribution is -2.21. The van der Waals surface area contributed by atoms with Gasteiger partial charge in [-0.25, -0.2) is 8.42 Å². The second-order valence-electron chi connectivity index (χ2n) is 4.75. The van der Waals surface area contributed by atoms with Crippen molar-refractivity contribution in [1.82, 2.24) is 0 Å². The maximum absolute atomic E-state index is 11.8. The van der Waals surface area contributed by atoms with Gasteiger partial charge in [-0.05, 0) is 38.5 Å². The normalized spacial score (nSPS) is 13.5. The standard InChI is InChI=1S/C13H22N2O3S/c1-10(2)18-8-9-19(16,17)15-13-6-4-12(5-7-13)11(3)14/h4-7,10-11,15H,8-9,14H2,1-3H3. The largest absolute Gasteiger partial charge is 0.378 e. The zero-order valence-corrected chi connectivity index (χ0v) is 12.4. The van der Waals surface area contributed by atoms with E-state index in [1.165, 1.54) is 0 Å². The lowest BCUT2D eigenvalue weighted by Gasteiger charge is -2.11. The van der Waals surface area contributed by atoms with Gasteiger partial charge in [0.2, 0.25) is 10.0 Å². The van der Waals surface area contributed by atoms with Crippen LogP contribution in [0.2, 0.25) is 0 Å². The van der Waals surface area contributed by atoms with Crippen LogP contribution < -0.4 is 10.5 Å². The molecule has 0 aliphatic heterocycles. The van der Waals surface area contributed by atoms with E-state index in [4.69, 9.17) is 10.5 Å². The quantitative estimate of drug-likeness (QED) is 0.802. The lowest BCUT2D eigenvalue weighted by atomic mass is 10.1. The Bertz CT molecular complexity index is 481. The highest BCUT2D eigenvalue weighted by atomic mass is 32.2. The van der Waals surface area contributed by atoms with Crippen LogP contribution in [0.3, 0.4) is 0 Å². The first-order valence-corrected chi connectivity index (χ1v) is 7.93. The average molecular weight is 286 g/mol. The predicted molar refractivity (Wildman–Crippen MR) is 77.5 cm³/mol. The summed E-state index contributed by atoms with van der Waals surface area (Å²) < 4.78 is 31.3. The molecule has 0 bridgehead atoms. The summed E-state index contributed by atoms with van der Waals surface area (Å²) in [6, 6.07) is 6.98. The first-order valence-electron chi connectivity index (χ1n) is 6.28. The lowest BCUT2D eigenvalue weighted by molar-refractivity contribution is 0.0913. The van der Waals surface area contributed by atoms with E-state index in [0.29, 0.717) is 5.69 Å². The topological polar surface area (TPSA) is 81.4 Å². The molecular formula is C13H22N2O3S. The fourth-order valence-corrected chi connectivity index (χ4v) is 2.39. The molecule has 0 aliphatic carbocycles. The summed E-state index contributed by atoms with van der Waals surface area (Å²) >= 11 is 0. The molecule has 0 heterocycles. The Labute approximate surface area is 115 Å². The molecule has 0 spiro atoms. The summed E-state index contributed by atoms with van der Waals surface area (Å²) in [5, 5.41) is 0. The van der Waals surface area contributed by atoms with Gasteiger partial charge in [0.25, 0.3) is 0 Å². The van der Waals surface area contributed by atoms with Gasteiger partial charge in [0.05, 0.1) is 18.5 Å². The van der Waals surface area contributed by atoms with E-state index in [9.17, 15) is 8.42 Å². The number of anilines is 1. The van der Waals surface area contributed by atoms with E-state index >= 15 is 0 Å². The van der Waals surface area contributed by atoms with Crippen molar-refractivity contribution < 1.29 is 13.2 Å². The van der Waals surface area contributed by atoms with E-state index in [2.05, 4.69) is 4.72 Å². The van der Waals surface area contributed by atoms with Crippen molar-refractivity contribution in [2.75, 3.05) is 17.1 Å². The van der Waals surface area contributed by atoms with Gasteiger partial charge in [-0.15, -0.1) is 0 Å². The number of nitrogens with two attached hydrogens (primary N) is 1. The van der Waals surface area contributed by atoms with Crippen molar-refractivity contribution in [2.45, 2.75) is 32.9 Å². The van der Waals surface area contributed by atoms with Gasteiger partial charge in [-0.3, -0.25) is 4.72 Å². The molecule has 0 aliphatic rings. The molecule has 108 valence electrons. The van der Waals surface area contributed by atoms with Crippen molar-refractivity contribution in [1.29, 1.82) is 0 Å². The molecule has 5 nitrogen and oxygen atoms in total. The third-order valence-electron chi connectivity index (χ3n) is 2.51. The molecule has 3 N–H and O–H groups in total. The van der Waals surface area contributed by atoms with E-state index in [1.807, 2.05) is 32.9 Å². The molecular weight excluding hydrogens is 264 g/mol. The van der Waals surface area contributed by atoms with Crippen LogP contribution in [0.25, 0.3) is 0 Å². The molecule has 0 aromatic heterocycles. The second kappa shape index (κ2) is 6.88. The molecule has 0 fully saturated rings. The Hall–Kier alpha value is -1.11. The Kier molecular flexibility index (Phi) is 5.78. The summed E-state index contributed by atoms with van der Waals surface area (Å²) in [6.07, 6.45) is 0.0283. The van der Waals surface area contributed by atoms with Crippen LogP contribution >= 0.6 is 0 Å². The first-order chi connectivity index (χ1) is 8.80. The average Bonchev–Trinajstić information content (AvgIpc) is 2.28. The molecule has 1 aromatic carbocycles. The monoisotopic (exact) mass is 286 g/mol.